The van der Waals surface area contributed by atoms with Gasteiger partial charge in [0.05, 0.1) is 13.2 Å². The van der Waals surface area contributed by atoms with E-state index in [9.17, 15) is 9.18 Å². The molecule has 0 unspecified atom stereocenters. The van der Waals surface area contributed by atoms with Gasteiger partial charge in [0.2, 0.25) is 11.9 Å². The molecule has 0 bridgehead atoms. The number of ether oxygens (including phenoxy) is 1. The molecule has 1 aliphatic heterocycles. The van der Waals surface area contributed by atoms with Crippen LogP contribution in [0, 0.1) is 12.9 Å². The van der Waals surface area contributed by atoms with Crippen LogP contribution in [0.25, 0.3) is 0 Å². The van der Waals surface area contributed by atoms with Gasteiger partial charge in [0.15, 0.2) is 0 Å². The minimum absolute atomic E-state index is 0.0822. The SMILES string of the molecule is Cc1ccccc1N1CCN(CCOCCC(=O)NCc2ccc(F)nc2)CC1. The maximum atomic E-state index is 12.8. The number of rotatable bonds is 9. The molecule has 3 rings (SSSR count). The van der Waals surface area contributed by atoms with Crippen LogP contribution in [0.15, 0.2) is 42.6 Å². The summed E-state index contributed by atoms with van der Waals surface area (Å²) in [5.41, 5.74) is 3.41. The van der Waals surface area contributed by atoms with Gasteiger partial charge in [-0.3, -0.25) is 9.69 Å². The Morgan fingerprint density at radius 3 is 2.66 bits per heavy atom. The molecule has 1 aliphatic rings. The van der Waals surface area contributed by atoms with E-state index in [1.54, 1.807) is 6.07 Å². The van der Waals surface area contributed by atoms with Crippen LogP contribution in [0.1, 0.15) is 17.5 Å². The van der Waals surface area contributed by atoms with Crippen molar-refractivity contribution in [3.05, 3.63) is 59.7 Å². The first kappa shape index (κ1) is 21.2. The second kappa shape index (κ2) is 10.9. The molecule has 156 valence electrons. The Hall–Kier alpha value is -2.51. The summed E-state index contributed by atoms with van der Waals surface area (Å²) in [6.45, 7) is 8.48. The lowest BCUT2D eigenvalue weighted by Gasteiger charge is -2.36. The maximum Gasteiger partial charge on any atom is 0.222 e. The molecule has 0 spiro atoms. The van der Waals surface area contributed by atoms with Crippen LogP contribution in [0.2, 0.25) is 0 Å². The Bertz CT molecular complexity index is 777. The lowest BCUT2D eigenvalue weighted by molar-refractivity contribution is -0.122. The molecule has 2 heterocycles. The molecule has 1 saturated heterocycles. The molecular weight excluding hydrogens is 371 g/mol. The van der Waals surface area contributed by atoms with Gasteiger partial charge in [0, 0.05) is 57.6 Å². The molecule has 1 amide bonds. The van der Waals surface area contributed by atoms with Gasteiger partial charge in [0.1, 0.15) is 0 Å². The fourth-order valence-corrected chi connectivity index (χ4v) is 3.39. The van der Waals surface area contributed by atoms with Crippen molar-refractivity contribution in [3.63, 3.8) is 0 Å². The van der Waals surface area contributed by atoms with Gasteiger partial charge in [-0.05, 0) is 30.2 Å². The number of pyridine rings is 1. The number of benzene rings is 1. The van der Waals surface area contributed by atoms with Gasteiger partial charge < -0.3 is 15.0 Å². The Morgan fingerprint density at radius 2 is 1.93 bits per heavy atom. The molecule has 0 saturated carbocycles. The van der Waals surface area contributed by atoms with Gasteiger partial charge in [-0.15, -0.1) is 0 Å². The standard InChI is InChI=1S/C22H29FN4O2/c1-18-4-2-3-5-20(18)27-11-9-26(10-12-27)13-15-29-14-8-22(28)25-17-19-6-7-21(23)24-16-19/h2-7,16H,8-15,17H2,1H3,(H,25,28). The number of aryl methyl sites for hydroxylation is 1. The summed E-state index contributed by atoms with van der Waals surface area (Å²) in [6, 6.07) is 11.4. The lowest BCUT2D eigenvalue weighted by Crippen LogP contribution is -2.47. The first-order valence-electron chi connectivity index (χ1n) is 10.1. The van der Waals surface area contributed by atoms with Gasteiger partial charge in [0.25, 0.3) is 0 Å². The fourth-order valence-electron chi connectivity index (χ4n) is 3.39. The van der Waals surface area contributed by atoms with Crippen molar-refractivity contribution in [2.45, 2.75) is 19.9 Å². The summed E-state index contributed by atoms with van der Waals surface area (Å²) in [4.78, 5) is 20.2. The minimum atomic E-state index is -0.523. The maximum absolute atomic E-state index is 12.8. The second-order valence-electron chi connectivity index (χ2n) is 7.24. The zero-order chi connectivity index (χ0) is 20.5. The van der Waals surface area contributed by atoms with Gasteiger partial charge >= 0.3 is 0 Å². The number of aromatic nitrogens is 1. The zero-order valence-electron chi connectivity index (χ0n) is 16.9. The number of hydrogen-bond donors (Lipinski definition) is 1. The molecule has 0 atom stereocenters. The number of halogens is 1. The van der Waals surface area contributed by atoms with E-state index in [2.05, 4.69) is 51.3 Å². The number of piperazine rings is 1. The molecule has 1 aromatic carbocycles. The van der Waals surface area contributed by atoms with Crippen LogP contribution >= 0.6 is 0 Å². The molecule has 6 nitrogen and oxygen atoms in total. The predicted molar refractivity (Wildman–Crippen MR) is 111 cm³/mol. The number of para-hydroxylation sites is 1. The van der Waals surface area contributed by atoms with E-state index in [1.165, 1.54) is 23.5 Å². The van der Waals surface area contributed by atoms with Crippen molar-refractivity contribution in [3.8, 4) is 0 Å². The van der Waals surface area contributed by atoms with Gasteiger partial charge in [-0.25, -0.2) is 4.98 Å². The second-order valence-corrected chi connectivity index (χ2v) is 7.24. The van der Waals surface area contributed by atoms with Crippen molar-refractivity contribution in [2.75, 3.05) is 50.8 Å². The van der Waals surface area contributed by atoms with Crippen LogP contribution < -0.4 is 10.2 Å². The van der Waals surface area contributed by atoms with E-state index < -0.39 is 5.95 Å². The molecule has 0 radical (unpaired) electrons. The molecule has 29 heavy (non-hydrogen) atoms. The zero-order valence-corrected chi connectivity index (χ0v) is 16.9. The number of hydrogen-bond acceptors (Lipinski definition) is 5. The highest BCUT2D eigenvalue weighted by atomic mass is 19.1. The van der Waals surface area contributed by atoms with Crippen LogP contribution in [0.4, 0.5) is 10.1 Å². The highest BCUT2D eigenvalue weighted by molar-refractivity contribution is 5.75. The Kier molecular flexibility index (Phi) is 7.95. The van der Waals surface area contributed by atoms with Crippen molar-refractivity contribution in [2.24, 2.45) is 0 Å². The Balaban J connectivity index is 1.24. The summed E-state index contributed by atoms with van der Waals surface area (Å²) in [5.74, 6) is -0.605. The Labute approximate surface area is 171 Å². The summed E-state index contributed by atoms with van der Waals surface area (Å²) < 4.78 is 18.4. The van der Waals surface area contributed by atoms with Crippen molar-refractivity contribution in [1.29, 1.82) is 0 Å². The van der Waals surface area contributed by atoms with E-state index in [0.29, 0.717) is 26.2 Å². The smallest absolute Gasteiger partial charge is 0.222 e. The van der Waals surface area contributed by atoms with Crippen LogP contribution in [0.3, 0.4) is 0 Å². The van der Waals surface area contributed by atoms with E-state index in [0.717, 1.165) is 38.3 Å². The summed E-state index contributed by atoms with van der Waals surface area (Å²) in [6.07, 6.45) is 1.74. The van der Waals surface area contributed by atoms with Crippen molar-refractivity contribution >= 4 is 11.6 Å². The summed E-state index contributed by atoms with van der Waals surface area (Å²) >= 11 is 0. The minimum Gasteiger partial charge on any atom is -0.380 e. The average molecular weight is 400 g/mol. The molecule has 1 aromatic heterocycles. The third-order valence-corrected chi connectivity index (χ3v) is 5.13. The Morgan fingerprint density at radius 1 is 1.14 bits per heavy atom. The number of nitrogens with zero attached hydrogens (tertiary/aromatic N) is 3. The lowest BCUT2D eigenvalue weighted by atomic mass is 10.1. The van der Waals surface area contributed by atoms with Crippen LogP contribution in [0.5, 0.6) is 0 Å². The fraction of sp³-hybridized carbons (Fsp3) is 0.455. The van der Waals surface area contributed by atoms with Crippen molar-refractivity contribution in [1.82, 2.24) is 15.2 Å². The highest BCUT2D eigenvalue weighted by Gasteiger charge is 2.17. The molecule has 1 fully saturated rings. The average Bonchev–Trinajstić information content (AvgIpc) is 2.74. The molecular formula is C22H29FN4O2. The molecule has 7 heteroatoms. The quantitative estimate of drug-likeness (QED) is 0.517. The molecule has 1 N–H and O–H groups in total. The summed E-state index contributed by atoms with van der Waals surface area (Å²) in [7, 11) is 0. The van der Waals surface area contributed by atoms with Gasteiger partial charge in [-0.2, -0.15) is 4.39 Å². The first-order chi connectivity index (χ1) is 14.1. The number of nitrogens with one attached hydrogen (secondary N) is 1. The van der Waals surface area contributed by atoms with Gasteiger partial charge in [-0.1, -0.05) is 24.3 Å². The molecule has 0 aliphatic carbocycles. The largest absolute Gasteiger partial charge is 0.380 e. The van der Waals surface area contributed by atoms with E-state index >= 15 is 0 Å². The number of anilines is 1. The van der Waals surface area contributed by atoms with E-state index in [4.69, 9.17) is 4.74 Å². The normalized spacial score (nSPS) is 14.8. The van der Waals surface area contributed by atoms with E-state index in [1.807, 2.05) is 0 Å². The van der Waals surface area contributed by atoms with Crippen LogP contribution in [-0.2, 0) is 16.1 Å². The topological polar surface area (TPSA) is 57.7 Å². The predicted octanol–water partition coefficient (Wildman–Crippen LogP) is 2.37. The first-order valence-corrected chi connectivity index (χ1v) is 10.1. The number of amides is 1. The third kappa shape index (κ3) is 6.80. The number of carbonyl (C=O) groups is 1. The van der Waals surface area contributed by atoms with Crippen molar-refractivity contribution < 1.29 is 13.9 Å². The highest BCUT2D eigenvalue weighted by Crippen LogP contribution is 2.20. The number of carbonyl (C=O) groups excluding carboxylic acids is 1. The third-order valence-electron chi connectivity index (χ3n) is 5.13. The van der Waals surface area contributed by atoms with E-state index in [-0.39, 0.29) is 5.91 Å². The monoisotopic (exact) mass is 400 g/mol. The molecule has 2 aromatic rings. The summed E-state index contributed by atoms with van der Waals surface area (Å²) in [5, 5.41) is 2.79. The van der Waals surface area contributed by atoms with Crippen LogP contribution in [-0.4, -0.2) is 61.7 Å².